The van der Waals surface area contributed by atoms with Gasteiger partial charge >= 0.3 is 0 Å². The Morgan fingerprint density at radius 1 is 1.00 bits per heavy atom. The van der Waals surface area contributed by atoms with Gasteiger partial charge in [-0.2, -0.15) is 4.31 Å². The van der Waals surface area contributed by atoms with Crippen molar-refractivity contribution in [3.8, 4) is 0 Å². The lowest BCUT2D eigenvalue weighted by Crippen LogP contribution is -2.30. The number of hydrogen-bond donors (Lipinski definition) is 1. The van der Waals surface area contributed by atoms with Crippen molar-refractivity contribution in [1.29, 1.82) is 0 Å². The molecule has 21 heavy (non-hydrogen) atoms. The summed E-state index contributed by atoms with van der Waals surface area (Å²) in [5.41, 5.74) is 0. The molecule has 0 bridgehead atoms. The van der Waals surface area contributed by atoms with Crippen molar-refractivity contribution < 1.29 is 16.8 Å². The van der Waals surface area contributed by atoms with E-state index in [0.717, 1.165) is 12.8 Å². The Bertz CT molecular complexity index is 688. The Labute approximate surface area is 126 Å². The van der Waals surface area contributed by atoms with Crippen LogP contribution in [0.15, 0.2) is 34.1 Å². The standard InChI is InChI=1S/C13H20N2O4S2/c1-3-15(4-2)21(18,19)13-9-7-12(8-10-13)20(16,17)14-11-5-6-11/h7-11,14H,3-6H2,1-2H3. The lowest BCUT2D eigenvalue weighted by atomic mass is 10.4. The molecule has 8 heteroatoms. The summed E-state index contributed by atoms with van der Waals surface area (Å²) in [5, 5.41) is 0. The molecule has 1 aromatic carbocycles. The number of nitrogens with one attached hydrogen (secondary N) is 1. The summed E-state index contributed by atoms with van der Waals surface area (Å²) in [6.07, 6.45) is 1.71. The highest BCUT2D eigenvalue weighted by molar-refractivity contribution is 7.89. The van der Waals surface area contributed by atoms with E-state index in [-0.39, 0.29) is 15.8 Å². The lowest BCUT2D eigenvalue weighted by molar-refractivity contribution is 0.445. The third kappa shape index (κ3) is 3.63. The first kappa shape index (κ1) is 16.4. The van der Waals surface area contributed by atoms with E-state index in [2.05, 4.69) is 4.72 Å². The summed E-state index contributed by atoms with van der Waals surface area (Å²) < 4.78 is 52.5. The number of rotatable bonds is 7. The van der Waals surface area contributed by atoms with Crippen molar-refractivity contribution in [2.45, 2.75) is 42.5 Å². The monoisotopic (exact) mass is 332 g/mol. The normalized spacial score (nSPS) is 16.3. The van der Waals surface area contributed by atoms with Crippen LogP contribution in [0.5, 0.6) is 0 Å². The van der Waals surface area contributed by atoms with Crippen LogP contribution in [0.2, 0.25) is 0 Å². The highest BCUT2D eigenvalue weighted by Crippen LogP contribution is 2.23. The van der Waals surface area contributed by atoms with Gasteiger partial charge in [-0.1, -0.05) is 13.8 Å². The van der Waals surface area contributed by atoms with E-state index in [0.29, 0.717) is 13.1 Å². The van der Waals surface area contributed by atoms with Crippen LogP contribution in [0.1, 0.15) is 26.7 Å². The fraction of sp³-hybridized carbons (Fsp3) is 0.538. The minimum atomic E-state index is -3.56. The van der Waals surface area contributed by atoms with Crippen molar-refractivity contribution in [2.75, 3.05) is 13.1 Å². The number of hydrogen-bond acceptors (Lipinski definition) is 4. The van der Waals surface area contributed by atoms with Gasteiger partial charge in [0, 0.05) is 19.1 Å². The second kappa shape index (κ2) is 6.04. The van der Waals surface area contributed by atoms with Crippen molar-refractivity contribution in [2.24, 2.45) is 0 Å². The van der Waals surface area contributed by atoms with Crippen LogP contribution in [0.4, 0.5) is 0 Å². The minimum absolute atomic E-state index is 0.0223. The quantitative estimate of drug-likeness (QED) is 0.812. The zero-order valence-corrected chi connectivity index (χ0v) is 13.7. The molecule has 6 nitrogen and oxygen atoms in total. The van der Waals surface area contributed by atoms with Gasteiger partial charge in [0.25, 0.3) is 0 Å². The van der Waals surface area contributed by atoms with Crippen molar-refractivity contribution >= 4 is 20.0 Å². The topological polar surface area (TPSA) is 83.6 Å². The number of nitrogens with zero attached hydrogens (tertiary/aromatic N) is 1. The maximum atomic E-state index is 12.3. The van der Waals surface area contributed by atoms with Crippen LogP contribution in [-0.4, -0.2) is 40.3 Å². The first-order valence-electron chi connectivity index (χ1n) is 6.93. The molecule has 2 rings (SSSR count). The minimum Gasteiger partial charge on any atom is -0.208 e. The second-order valence-corrected chi connectivity index (χ2v) is 8.61. The Kier molecular flexibility index (Phi) is 4.72. The van der Waals surface area contributed by atoms with E-state index in [9.17, 15) is 16.8 Å². The molecule has 0 radical (unpaired) electrons. The molecule has 1 fully saturated rings. The first-order chi connectivity index (χ1) is 9.81. The summed E-state index contributed by atoms with van der Waals surface area (Å²) in [5.74, 6) is 0. The van der Waals surface area contributed by atoms with Crippen LogP contribution in [0.3, 0.4) is 0 Å². The van der Waals surface area contributed by atoms with Crippen LogP contribution in [0.25, 0.3) is 0 Å². The van der Waals surface area contributed by atoms with Crippen molar-refractivity contribution in [3.63, 3.8) is 0 Å². The fourth-order valence-electron chi connectivity index (χ4n) is 1.99. The zero-order valence-electron chi connectivity index (χ0n) is 12.1. The maximum absolute atomic E-state index is 12.3. The highest BCUT2D eigenvalue weighted by atomic mass is 32.2. The smallest absolute Gasteiger partial charge is 0.208 e. The van der Waals surface area contributed by atoms with E-state index >= 15 is 0 Å². The molecule has 1 aromatic rings. The molecular weight excluding hydrogens is 312 g/mol. The van der Waals surface area contributed by atoms with E-state index in [4.69, 9.17) is 0 Å². The van der Waals surface area contributed by atoms with Gasteiger partial charge < -0.3 is 0 Å². The average Bonchev–Trinajstić information content (AvgIpc) is 3.23. The molecular formula is C13H20N2O4S2. The maximum Gasteiger partial charge on any atom is 0.243 e. The summed E-state index contributed by atoms with van der Waals surface area (Å²) in [6, 6.07) is 5.38. The van der Waals surface area contributed by atoms with Gasteiger partial charge in [-0.05, 0) is 37.1 Å². The highest BCUT2D eigenvalue weighted by Gasteiger charge is 2.28. The Morgan fingerprint density at radius 3 is 1.90 bits per heavy atom. The Balaban J connectivity index is 2.26. The molecule has 1 aliphatic rings. The van der Waals surface area contributed by atoms with Gasteiger partial charge in [-0.15, -0.1) is 0 Å². The van der Waals surface area contributed by atoms with E-state index in [1.807, 2.05) is 0 Å². The molecule has 0 amide bonds. The van der Waals surface area contributed by atoms with E-state index < -0.39 is 20.0 Å². The van der Waals surface area contributed by atoms with Gasteiger partial charge in [0.15, 0.2) is 0 Å². The first-order valence-corrected chi connectivity index (χ1v) is 9.86. The van der Waals surface area contributed by atoms with Gasteiger partial charge in [-0.25, -0.2) is 21.6 Å². The number of sulfonamides is 2. The molecule has 1 saturated carbocycles. The molecule has 0 spiro atoms. The predicted molar refractivity (Wildman–Crippen MR) is 79.9 cm³/mol. The molecule has 118 valence electrons. The third-order valence-corrected chi connectivity index (χ3v) is 6.98. The predicted octanol–water partition coefficient (Wildman–Crippen LogP) is 1.16. The third-order valence-electron chi connectivity index (χ3n) is 3.38. The van der Waals surface area contributed by atoms with E-state index in [1.165, 1.54) is 28.6 Å². The van der Waals surface area contributed by atoms with Crippen LogP contribution in [0, 0.1) is 0 Å². The molecule has 0 aliphatic heterocycles. The van der Waals surface area contributed by atoms with Crippen LogP contribution in [-0.2, 0) is 20.0 Å². The van der Waals surface area contributed by atoms with Crippen molar-refractivity contribution in [1.82, 2.24) is 9.03 Å². The summed E-state index contributed by atoms with van der Waals surface area (Å²) in [4.78, 5) is 0.199. The molecule has 0 unspecified atom stereocenters. The SMILES string of the molecule is CCN(CC)S(=O)(=O)c1ccc(S(=O)(=O)NC2CC2)cc1. The van der Waals surface area contributed by atoms with Gasteiger partial charge in [0.2, 0.25) is 20.0 Å². The summed E-state index contributed by atoms with van der Waals surface area (Å²) >= 11 is 0. The largest absolute Gasteiger partial charge is 0.243 e. The van der Waals surface area contributed by atoms with Gasteiger partial charge in [0.05, 0.1) is 9.79 Å². The molecule has 1 N–H and O–H groups in total. The number of benzene rings is 1. The Hall–Kier alpha value is -0.960. The summed E-state index contributed by atoms with van der Waals surface area (Å²) in [6.45, 7) is 4.28. The molecule has 0 heterocycles. The fourth-order valence-corrected chi connectivity index (χ4v) is 4.76. The molecule has 0 saturated heterocycles. The van der Waals surface area contributed by atoms with Crippen molar-refractivity contribution in [3.05, 3.63) is 24.3 Å². The molecule has 0 aromatic heterocycles. The average molecular weight is 332 g/mol. The Morgan fingerprint density at radius 2 is 1.48 bits per heavy atom. The summed E-state index contributed by atoms with van der Waals surface area (Å²) in [7, 11) is -7.11. The zero-order chi connectivity index (χ0) is 15.7. The van der Waals surface area contributed by atoms with Crippen LogP contribution < -0.4 is 4.72 Å². The lowest BCUT2D eigenvalue weighted by Gasteiger charge is -2.18. The van der Waals surface area contributed by atoms with E-state index in [1.54, 1.807) is 13.8 Å². The second-order valence-electron chi connectivity index (χ2n) is 4.96. The molecule has 0 atom stereocenters. The van der Waals surface area contributed by atoms with Gasteiger partial charge in [0.1, 0.15) is 0 Å². The van der Waals surface area contributed by atoms with Crippen LogP contribution >= 0.6 is 0 Å². The molecule has 1 aliphatic carbocycles. The van der Waals surface area contributed by atoms with Gasteiger partial charge in [-0.3, -0.25) is 0 Å².